The first kappa shape index (κ1) is 19.2. The molecule has 0 aliphatic heterocycles. The second-order valence-corrected chi connectivity index (χ2v) is 4.50. The zero-order valence-electron chi connectivity index (χ0n) is 12.6. The summed E-state index contributed by atoms with van der Waals surface area (Å²) < 4.78 is 5.31. The molecule has 0 unspecified atom stereocenters. The van der Waals surface area contributed by atoms with Crippen molar-refractivity contribution in [1.82, 2.24) is 10.2 Å². The van der Waals surface area contributed by atoms with Gasteiger partial charge in [-0.1, -0.05) is 30.3 Å². The highest BCUT2D eigenvalue weighted by Gasteiger charge is 2.00. The highest BCUT2D eigenvalue weighted by molar-refractivity contribution is 14.0. The number of aliphatic imine (C=N–C) groups is 1. The topological polar surface area (TPSA) is 36.9 Å². The summed E-state index contributed by atoms with van der Waals surface area (Å²) in [6, 6.07) is 10.3. The van der Waals surface area contributed by atoms with E-state index in [1.165, 1.54) is 5.56 Å². The van der Waals surface area contributed by atoms with Crippen molar-refractivity contribution in [3.8, 4) is 0 Å². The third-order valence-electron chi connectivity index (χ3n) is 2.63. The maximum Gasteiger partial charge on any atom is 0.193 e. The molecule has 0 amide bonds. The van der Waals surface area contributed by atoms with Crippen LogP contribution in [-0.2, 0) is 11.3 Å². The molecule has 0 bridgehead atoms. The van der Waals surface area contributed by atoms with Crippen LogP contribution >= 0.6 is 24.0 Å². The van der Waals surface area contributed by atoms with Crippen molar-refractivity contribution >= 4 is 29.9 Å². The number of nitrogens with one attached hydrogen (secondary N) is 1. The van der Waals surface area contributed by atoms with Gasteiger partial charge in [0.15, 0.2) is 5.96 Å². The third kappa shape index (κ3) is 8.37. The van der Waals surface area contributed by atoms with Crippen LogP contribution in [0.2, 0.25) is 0 Å². The van der Waals surface area contributed by atoms with E-state index in [0.29, 0.717) is 6.54 Å². The maximum atomic E-state index is 5.31. The number of hydrogen-bond acceptors (Lipinski definition) is 2. The van der Waals surface area contributed by atoms with Crippen molar-refractivity contribution in [1.29, 1.82) is 0 Å². The molecule has 0 saturated carbocycles. The Kier molecular flexibility index (Phi) is 11.5. The van der Waals surface area contributed by atoms with Gasteiger partial charge in [-0.3, -0.25) is 0 Å². The van der Waals surface area contributed by atoms with Crippen molar-refractivity contribution in [2.75, 3.05) is 33.9 Å². The Balaban J connectivity index is 0.00000361. The normalized spacial score (nSPS) is 10.8. The molecule has 0 aliphatic rings. The van der Waals surface area contributed by atoms with Crippen LogP contribution in [0, 0.1) is 0 Å². The summed E-state index contributed by atoms with van der Waals surface area (Å²) in [5, 5.41) is 3.34. The summed E-state index contributed by atoms with van der Waals surface area (Å²) in [4.78, 5) is 6.61. The molecule has 0 atom stereocenters. The van der Waals surface area contributed by atoms with Crippen LogP contribution in [0.4, 0.5) is 0 Å². The number of nitrogens with zero attached hydrogens (tertiary/aromatic N) is 2. The highest BCUT2D eigenvalue weighted by Crippen LogP contribution is 2.00. The Morgan fingerprint density at radius 2 is 1.95 bits per heavy atom. The Morgan fingerprint density at radius 3 is 2.55 bits per heavy atom. The highest BCUT2D eigenvalue weighted by atomic mass is 127. The predicted molar refractivity (Wildman–Crippen MR) is 95.8 cm³/mol. The van der Waals surface area contributed by atoms with Crippen LogP contribution in [0.3, 0.4) is 0 Å². The van der Waals surface area contributed by atoms with Crippen molar-refractivity contribution in [2.24, 2.45) is 4.99 Å². The molecule has 1 N–H and O–H groups in total. The zero-order chi connectivity index (χ0) is 13.9. The van der Waals surface area contributed by atoms with Crippen LogP contribution in [0.1, 0.15) is 18.9 Å². The van der Waals surface area contributed by atoms with E-state index < -0.39 is 0 Å². The minimum absolute atomic E-state index is 0. The van der Waals surface area contributed by atoms with Gasteiger partial charge in [0.05, 0.1) is 6.54 Å². The molecule has 0 fully saturated rings. The summed E-state index contributed by atoms with van der Waals surface area (Å²) in [5.74, 6) is 0.917. The first-order valence-corrected chi connectivity index (χ1v) is 6.81. The molecule has 0 aromatic heterocycles. The van der Waals surface area contributed by atoms with Gasteiger partial charge in [-0.25, -0.2) is 4.99 Å². The standard InChI is InChI=1S/C15H25N3O.HI/c1-4-19-12-8-11-16-15(18(2)3)17-13-14-9-6-5-7-10-14;/h5-7,9-10H,4,8,11-13H2,1-3H3,(H,16,17);1H. The van der Waals surface area contributed by atoms with E-state index in [2.05, 4.69) is 22.4 Å². The van der Waals surface area contributed by atoms with E-state index in [1.807, 2.05) is 44.1 Å². The number of rotatable bonds is 7. The second-order valence-electron chi connectivity index (χ2n) is 4.50. The number of guanidine groups is 1. The summed E-state index contributed by atoms with van der Waals surface area (Å²) >= 11 is 0. The van der Waals surface area contributed by atoms with Gasteiger partial charge in [0, 0.05) is 33.9 Å². The SMILES string of the molecule is CCOCCCNC(=NCc1ccccc1)N(C)C.I. The lowest BCUT2D eigenvalue weighted by Crippen LogP contribution is -2.37. The average molecular weight is 391 g/mol. The summed E-state index contributed by atoms with van der Waals surface area (Å²) in [5.41, 5.74) is 1.22. The number of halogens is 1. The zero-order valence-corrected chi connectivity index (χ0v) is 15.0. The van der Waals surface area contributed by atoms with Crippen LogP contribution < -0.4 is 5.32 Å². The fourth-order valence-electron chi connectivity index (χ4n) is 1.62. The van der Waals surface area contributed by atoms with Gasteiger partial charge < -0.3 is 15.0 Å². The molecule has 0 heterocycles. The molecule has 1 aromatic rings. The lowest BCUT2D eigenvalue weighted by Gasteiger charge is -2.17. The average Bonchev–Trinajstić information content (AvgIpc) is 2.42. The number of benzene rings is 1. The molecule has 0 radical (unpaired) electrons. The first-order chi connectivity index (χ1) is 9.24. The molecule has 0 aliphatic carbocycles. The summed E-state index contributed by atoms with van der Waals surface area (Å²) in [6.45, 7) is 5.17. The first-order valence-electron chi connectivity index (χ1n) is 6.81. The van der Waals surface area contributed by atoms with Crippen LogP contribution in [-0.4, -0.2) is 44.7 Å². The third-order valence-corrected chi connectivity index (χ3v) is 2.63. The fraction of sp³-hybridized carbons (Fsp3) is 0.533. The lowest BCUT2D eigenvalue weighted by molar-refractivity contribution is 0.145. The van der Waals surface area contributed by atoms with E-state index in [9.17, 15) is 0 Å². The van der Waals surface area contributed by atoms with Gasteiger partial charge in [0.2, 0.25) is 0 Å². The summed E-state index contributed by atoms with van der Waals surface area (Å²) in [7, 11) is 4.00. The minimum Gasteiger partial charge on any atom is -0.382 e. The monoisotopic (exact) mass is 391 g/mol. The van der Waals surface area contributed by atoms with Crippen LogP contribution in [0.15, 0.2) is 35.3 Å². The maximum absolute atomic E-state index is 5.31. The molecule has 1 aromatic carbocycles. The smallest absolute Gasteiger partial charge is 0.193 e. The van der Waals surface area contributed by atoms with Crippen molar-refractivity contribution < 1.29 is 4.74 Å². The molecule has 1 rings (SSSR count). The van der Waals surface area contributed by atoms with Gasteiger partial charge >= 0.3 is 0 Å². The largest absolute Gasteiger partial charge is 0.382 e. The number of hydrogen-bond donors (Lipinski definition) is 1. The quantitative estimate of drug-likeness (QED) is 0.336. The minimum atomic E-state index is 0. The molecular formula is C15H26IN3O. The molecular weight excluding hydrogens is 365 g/mol. The van der Waals surface area contributed by atoms with Crippen molar-refractivity contribution in [3.05, 3.63) is 35.9 Å². The van der Waals surface area contributed by atoms with Gasteiger partial charge in [0.25, 0.3) is 0 Å². The van der Waals surface area contributed by atoms with E-state index in [1.54, 1.807) is 0 Å². The second kappa shape index (κ2) is 12.0. The Hall–Kier alpha value is -0.820. The summed E-state index contributed by atoms with van der Waals surface area (Å²) in [6.07, 6.45) is 0.992. The van der Waals surface area contributed by atoms with E-state index >= 15 is 0 Å². The van der Waals surface area contributed by atoms with Crippen LogP contribution in [0.25, 0.3) is 0 Å². The molecule has 0 spiro atoms. The van der Waals surface area contributed by atoms with E-state index in [4.69, 9.17) is 4.74 Å². The van der Waals surface area contributed by atoms with Gasteiger partial charge in [-0.05, 0) is 18.9 Å². The fourth-order valence-corrected chi connectivity index (χ4v) is 1.62. The Morgan fingerprint density at radius 1 is 1.25 bits per heavy atom. The molecule has 0 saturated heterocycles. The van der Waals surface area contributed by atoms with Crippen molar-refractivity contribution in [3.63, 3.8) is 0 Å². The Labute approximate surface area is 139 Å². The number of ether oxygens (including phenoxy) is 1. The Bertz CT molecular complexity index is 369. The lowest BCUT2D eigenvalue weighted by atomic mass is 10.2. The van der Waals surface area contributed by atoms with E-state index in [-0.39, 0.29) is 24.0 Å². The molecule has 4 nitrogen and oxygen atoms in total. The molecule has 114 valence electrons. The van der Waals surface area contributed by atoms with Crippen molar-refractivity contribution in [2.45, 2.75) is 19.9 Å². The van der Waals surface area contributed by atoms with Gasteiger partial charge in [-0.15, -0.1) is 24.0 Å². The van der Waals surface area contributed by atoms with Gasteiger partial charge in [0.1, 0.15) is 0 Å². The molecule has 20 heavy (non-hydrogen) atoms. The molecule has 5 heteroatoms. The van der Waals surface area contributed by atoms with Crippen LogP contribution in [0.5, 0.6) is 0 Å². The predicted octanol–water partition coefficient (Wildman–Crippen LogP) is 2.74. The van der Waals surface area contributed by atoms with Gasteiger partial charge in [-0.2, -0.15) is 0 Å². The van der Waals surface area contributed by atoms with E-state index in [0.717, 1.165) is 32.1 Å².